The zero-order chi connectivity index (χ0) is 20.9. The molecule has 152 valence electrons. The molecule has 0 bridgehead atoms. The molecular weight excluding hydrogens is 390 g/mol. The summed E-state index contributed by atoms with van der Waals surface area (Å²) in [5.74, 6) is 1.06. The molecule has 3 aromatic carbocycles. The fourth-order valence-electron chi connectivity index (χ4n) is 3.82. The second-order valence-corrected chi connectivity index (χ2v) is 8.23. The number of hydrogen-bond acceptors (Lipinski definition) is 3. The second-order valence-electron chi connectivity index (χ2n) is 7.31. The van der Waals surface area contributed by atoms with Gasteiger partial charge in [0.15, 0.2) is 0 Å². The summed E-state index contributed by atoms with van der Waals surface area (Å²) < 4.78 is 5.32. The molecule has 6 N–H and O–H groups in total. The molecule has 0 aliphatic carbocycles. The van der Waals surface area contributed by atoms with Gasteiger partial charge in [-0.15, -0.1) is 0 Å². The van der Waals surface area contributed by atoms with Crippen LogP contribution < -0.4 is 21.2 Å². The van der Waals surface area contributed by atoms with E-state index >= 15 is 0 Å². The molecule has 1 unspecified atom stereocenters. The Morgan fingerprint density at radius 2 is 1.73 bits per heavy atom. The summed E-state index contributed by atoms with van der Waals surface area (Å²) in [6, 6.07) is 25.6. The lowest BCUT2D eigenvalue weighted by molar-refractivity contribution is -0.386. The first kappa shape index (κ1) is 20.1. The molecule has 0 saturated heterocycles. The lowest BCUT2D eigenvalue weighted by atomic mass is 9.89. The van der Waals surface area contributed by atoms with E-state index in [1.807, 2.05) is 12.1 Å². The predicted molar refractivity (Wildman–Crippen MR) is 122 cm³/mol. The number of nitrogens with one attached hydrogen (secondary N) is 1. The number of nitrogens with two attached hydrogens (primary N) is 1. The van der Waals surface area contributed by atoms with Crippen molar-refractivity contribution in [1.29, 1.82) is 0 Å². The Labute approximate surface area is 181 Å². The van der Waals surface area contributed by atoms with Gasteiger partial charge in [-0.2, -0.15) is 0 Å². The number of ether oxygens (including phenoxy) is 1. The highest BCUT2D eigenvalue weighted by molar-refractivity contribution is 7.13. The number of quaternary nitrogens is 1. The number of hydrogen-bond donors (Lipinski definition) is 2. The van der Waals surface area contributed by atoms with E-state index in [4.69, 9.17) is 10.5 Å². The molecule has 0 spiro atoms. The first-order valence-electron chi connectivity index (χ1n) is 10.0. The molecule has 5 heteroatoms. The lowest BCUT2D eigenvalue weighted by Crippen LogP contribution is -2.47. The number of aromatic amines is 1. The molecule has 0 fully saturated rings. The van der Waals surface area contributed by atoms with Gasteiger partial charge in [-0.25, -0.2) is 4.98 Å². The minimum Gasteiger partial charge on any atom is -0.497 e. The van der Waals surface area contributed by atoms with Crippen LogP contribution >= 0.6 is 11.3 Å². The summed E-state index contributed by atoms with van der Waals surface area (Å²) in [4.78, 5) is 3.33. The summed E-state index contributed by atoms with van der Waals surface area (Å²) in [5.41, 5.74) is 17.4. The Morgan fingerprint density at radius 1 is 1.00 bits per heavy atom. The third kappa shape index (κ3) is 4.37. The molecule has 1 heterocycles. The van der Waals surface area contributed by atoms with E-state index in [1.54, 1.807) is 18.4 Å². The first-order chi connectivity index (χ1) is 14.7. The molecule has 4 nitrogen and oxygen atoms in total. The fourth-order valence-corrected chi connectivity index (χ4v) is 4.47. The summed E-state index contributed by atoms with van der Waals surface area (Å²) >= 11 is 1.54. The maximum atomic E-state index is 5.98. The van der Waals surface area contributed by atoms with E-state index < -0.39 is 0 Å². The highest BCUT2D eigenvalue weighted by Crippen LogP contribution is 2.31. The van der Waals surface area contributed by atoms with E-state index in [-0.39, 0.29) is 5.92 Å². The molecule has 0 aliphatic heterocycles. The van der Waals surface area contributed by atoms with Crippen LogP contribution in [0, 0.1) is 0 Å². The van der Waals surface area contributed by atoms with Gasteiger partial charge in [0, 0.05) is 10.9 Å². The number of aromatic nitrogens is 1. The zero-order valence-corrected chi connectivity index (χ0v) is 17.9. The molecule has 0 aliphatic rings. The van der Waals surface area contributed by atoms with Crippen LogP contribution in [-0.2, 0) is 13.0 Å². The number of nitrogen functional groups attached to an aromatic ring is 1. The molecule has 0 saturated carbocycles. The number of H-pyrrole nitrogens is 1. The highest BCUT2D eigenvalue weighted by Gasteiger charge is 2.20. The fraction of sp³-hybridized carbons (Fsp3) is 0.160. The quantitative estimate of drug-likeness (QED) is 0.478. The van der Waals surface area contributed by atoms with E-state index in [1.165, 1.54) is 27.8 Å². The smallest absolute Gasteiger partial charge is 0.329 e. The molecule has 0 amide bonds. The van der Waals surface area contributed by atoms with Gasteiger partial charge in [0.1, 0.15) is 18.0 Å². The Kier molecular flexibility index (Phi) is 6.12. The monoisotopic (exact) mass is 417 g/mol. The molecule has 30 heavy (non-hydrogen) atoms. The van der Waals surface area contributed by atoms with Gasteiger partial charge in [-0.1, -0.05) is 72.0 Å². The van der Waals surface area contributed by atoms with Crippen LogP contribution in [0.2, 0.25) is 0 Å². The van der Waals surface area contributed by atoms with Gasteiger partial charge in [-0.3, -0.25) is 5.73 Å². The van der Waals surface area contributed by atoms with Crippen LogP contribution in [0.4, 0.5) is 5.13 Å². The Morgan fingerprint density at radius 3 is 2.37 bits per heavy atom. The maximum absolute atomic E-state index is 5.98. The third-order valence-corrected chi connectivity index (χ3v) is 6.19. The minimum atomic E-state index is 0.197. The average Bonchev–Trinajstić information content (AvgIpc) is 3.24. The van der Waals surface area contributed by atoms with Crippen molar-refractivity contribution < 1.29 is 15.5 Å². The van der Waals surface area contributed by atoms with Gasteiger partial charge in [0.2, 0.25) is 0 Å². The molecular formula is C25H27N3OS+2. The van der Waals surface area contributed by atoms with Crippen molar-refractivity contribution in [2.24, 2.45) is 0 Å². The van der Waals surface area contributed by atoms with Crippen LogP contribution in [0.3, 0.4) is 0 Å². The van der Waals surface area contributed by atoms with Crippen molar-refractivity contribution >= 4 is 16.5 Å². The van der Waals surface area contributed by atoms with Gasteiger partial charge in [0.05, 0.1) is 13.0 Å². The standard InChI is InChI=1S/C25H25N3OS/c1-29-21-12-10-19(11-13-21)23(24-16-30-25(27)28-24)14-17-6-8-18(9-7-17)22-5-3-2-4-20(22)15-26/h2-13,16,23H,14-15,26H2,1H3,(H2,27,28)/p+2. The number of benzene rings is 3. The molecule has 0 radical (unpaired) electrons. The second kappa shape index (κ2) is 9.11. The molecule has 1 aromatic heterocycles. The van der Waals surface area contributed by atoms with Crippen molar-refractivity contribution in [1.82, 2.24) is 0 Å². The topological polar surface area (TPSA) is 77.0 Å². The summed E-state index contributed by atoms with van der Waals surface area (Å²) in [6.45, 7) is 0.785. The van der Waals surface area contributed by atoms with Crippen LogP contribution in [0.15, 0.2) is 78.2 Å². The van der Waals surface area contributed by atoms with E-state index in [0.717, 1.165) is 29.5 Å². The van der Waals surface area contributed by atoms with Crippen molar-refractivity contribution in [3.63, 3.8) is 0 Å². The Hall–Kier alpha value is -3.15. The highest BCUT2D eigenvalue weighted by atomic mass is 32.1. The van der Waals surface area contributed by atoms with Crippen molar-refractivity contribution in [2.75, 3.05) is 12.8 Å². The van der Waals surface area contributed by atoms with E-state index in [9.17, 15) is 0 Å². The summed E-state index contributed by atoms with van der Waals surface area (Å²) in [6.07, 6.45) is 0.885. The third-order valence-electron chi connectivity index (χ3n) is 5.47. The van der Waals surface area contributed by atoms with Crippen LogP contribution in [0.1, 0.15) is 28.3 Å². The van der Waals surface area contributed by atoms with E-state index in [2.05, 4.69) is 76.8 Å². The summed E-state index contributed by atoms with van der Waals surface area (Å²) in [5, 5.41) is 2.84. The minimum absolute atomic E-state index is 0.197. The Bertz CT molecular complexity index is 1100. The number of rotatable bonds is 7. The van der Waals surface area contributed by atoms with Crippen LogP contribution in [0.25, 0.3) is 11.1 Å². The van der Waals surface area contributed by atoms with Gasteiger partial charge in [0.25, 0.3) is 0 Å². The normalized spacial score (nSPS) is 11.9. The SMILES string of the molecule is COc1ccc(C(Cc2ccc(-c3ccccc3C[NH3+])cc2)c2csc(N)[nH+]2)cc1. The van der Waals surface area contributed by atoms with Crippen LogP contribution in [-0.4, -0.2) is 7.11 Å². The van der Waals surface area contributed by atoms with E-state index in [0.29, 0.717) is 0 Å². The van der Waals surface area contributed by atoms with Gasteiger partial charge >= 0.3 is 5.13 Å². The lowest BCUT2D eigenvalue weighted by Gasteiger charge is -2.15. The number of methoxy groups -OCH3 is 1. The number of thiazole rings is 1. The number of anilines is 1. The van der Waals surface area contributed by atoms with Gasteiger partial charge < -0.3 is 10.5 Å². The molecule has 1 atom stereocenters. The molecule has 4 aromatic rings. The van der Waals surface area contributed by atoms with Crippen molar-refractivity contribution in [3.8, 4) is 16.9 Å². The van der Waals surface area contributed by atoms with Crippen LogP contribution in [0.5, 0.6) is 5.75 Å². The van der Waals surface area contributed by atoms with Crippen molar-refractivity contribution in [2.45, 2.75) is 18.9 Å². The Balaban J connectivity index is 1.62. The maximum Gasteiger partial charge on any atom is 0.329 e. The summed E-state index contributed by atoms with van der Waals surface area (Å²) in [7, 11) is 1.69. The van der Waals surface area contributed by atoms with Gasteiger partial charge in [-0.05, 0) is 40.8 Å². The zero-order valence-electron chi connectivity index (χ0n) is 17.1. The largest absolute Gasteiger partial charge is 0.497 e. The predicted octanol–water partition coefficient (Wildman–Crippen LogP) is 3.94. The first-order valence-corrected chi connectivity index (χ1v) is 10.9. The molecule has 4 rings (SSSR count). The average molecular weight is 418 g/mol. The van der Waals surface area contributed by atoms with Crippen molar-refractivity contribution in [3.05, 3.63) is 101 Å².